The summed E-state index contributed by atoms with van der Waals surface area (Å²) in [5.41, 5.74) is 0.952. The second-order valence-electron chi connectivity index (χ2n) is 2.35. The lowest BCUT2D eigenvalue weighted by atomic mass is 10.3. The molecule has 0 N–H and O–H groups in total. The molecule has 1 rings (SSSR count). The van der Waals surface area contributed by atoms with Crippen molar-refractivity contribution in [3.05, 3.63) is 30.1 Å². The van der Waals surface area contributed by atoms with Gasteiger partial charge in [0.2, 0.25) is 0 Å². The fourth-order valence-electron chi connectivity index (χ4n) is 0.694. The second-order valence-corrected chi connectivity index (χ2v) is 2.35. The largest absolute Gasteiger partial charge is 0.396 e. The van der Waals surface area contributed by atoms with Crippen molar-refractivity contribution in [2.24, 2.45) is 5.16 Å². The van der Waals surface area contributed by atoms with Gasteiger partial charge < -0.3 is 4.84 Å². The highest BCUT2D eigenvalue weighted by atomic mass is 16.6. The molecular weight excluding hydrogens is 152 g/mol. The van der Waals surface area contributed by atoms with Crippen LogP contribution in [0.1, 0.15) is 18.9 Å². The van der Waals surface area contributed by atoms with Crippen LogP contribution in [0.3, 0.4) is 0 Å². The van der Waals surface area contributed by atoms with Crippen molar-refractivity contribution < 1.29 is 4.84 Å². The summed E-state index contributed by atoms with van der Waals surface area (Å²) in [4.78, 5) is 8.87. The zero-order chi connectivity index (χ0) is 8.65. The van der Waals surface area contributed by atoms with Crippen LogP contribution < -0.4 is 0 Å². The summed E-state index contributed by atoms with van der Waals surface area (Å²) < 4.78 is 0. The molecule has 3 heteroatoms. The van der Waals surface area contributed by atoms with E-state index in [-0.39, 0.29) is 0 Å². The summed E-state index contributed by atoms with van der Waals surface area (Å²) in [5, 5.41) is 3.77. The Morgan fingerprint density at radius 2 is 2.58 bits per heavy atom. The Labute approximate surface area is 72.1 Å². The third-order valence-corrected chi connectivity index (χ3v) is 1.26. The molecule has 0 saturated heterocycles. The van der Waals surface area contributed by atoms with Gasteiger partial charge in [-0.2, -0.15) is 0 Å². The number of aromatic nitrogens is 1. The molecule has 0 aliphatic carbocycles. The van der Waals surface area contributed by atoms with Crippen LogP contribution in [-0.4, -0.2) is 17.8 Å². The van der Waals surface area contributed by atoms with Crippen molar-refractivity contribution in [1.82, 2.24) is 4.98 Å². The van der Waals surface area contributed by atoms with Gasteiger partial charge in [0.25, 0.3) is 0 Å². The Bertz CT molecular complexity index is 234. The van der Waals surface area contributed by atoms with E-state index in [0.29, 0.717) is 6.61 Å². The molecule has 0 aromatic carbocycles. The molecule has 0 aliphatic rings. The van der Waals surface area contributed by atoms with Crippen molar-refractivity contribution in [3.63, 3.8) is 0 Å². The molecule has 0 fully saturated rings. The van der Waals surface area contributed by atoms with Crippen LogP contribution in [-0.2, 0) is 4.84 Å². The second kappa shape index (κ2) is 5.29. The van der Waals surface area contributed by atoms with E-state index >= 15 is 0 Å². The van der Waals surface area contributed by atoms with Gasteiger partial charge in [-0.15, -0.1) is 0 Å². The Hall–Kier alpha value is -1.38. The van der Waals surface area contributed by atoms with E-state index in [4.69, 9.17) is 4.84 Å². The number of nitrogens with zero attached hydrogens (tertiary/aromatic N) is 2. The number of hydrogen-bond donors (Lipinski definition) is 0. The Morgan fingerprint density at radius 1 is 1.67 bits per heavy atom. The van der Waals surface area contributed by atoms with E-state index in [9.17, 15) is 0 Å². The fraction of sp³-hybridized carbons (Fsp3) is 0.333. The van der Waals surface area contributed by atoms with E-state index < -0.39 is 0 Å². The standard InChI is InChI=1S/C9H12N2O/c1-2-6-12-11-8-9-4-3-5-10-7-9/h3-5,7-8H,2,6H2,1H3. The Kier molecular flexibility index (Phi) is 3.84. The predicted molar refractivity (Wildman–Crippen MR) is 48.1 cm³/mol. The summed E-state index contributed by atoms with van der Waals surface area (Å²) >= 11 is 0. The van der Waals surface area contributed by atoms with E-state index in [2.05, 4.69) is 10.1 Å². The summed E-state index contributed by atoms with van der Waals surface area (Å²) in [6, 6.07) is 3.78. The molecule has 0 spiro atoms. The monoisotopic (exact) mass is 164 g/mol. The average Bonchev–Trinajstić information content (AvgIpc) is 2.14. The highest BCUT2D eigenvalue weighted by Crippen LogP contribution is 1.91. The van der Waals surface area contributed by atoms with Gasteiger partial charge in [0, 0.05) is 18.0 Å². The molecule has 0 unspecified atom stereocenters. The predicted octanol–water partition coefficient (Wildman–Crippen LogP) is 1.84. The maximum absolute atomic E-state index is 4.93. The van der Waals surface area contributed by atoms with Gasteiger partial charge in [-0.1, -0.05) is 18.1 Å². The number of oxime groups is 1. The third-order valence-electron chi connectivity index (χ3n) is 1.26. The quantitative estimate of drug-likeness (QED) is 0.386. The van der Waals surface area contributed by atoms with Crippen molar-refractivity contribution in [2.75, 3.05) is 6.61 Å². The first-order chi connectivity index (χ1) is 5.93. The van der Waals surface area contributed by atoms with Gasteiger partial charge in [-0.25, -0.2) is 0 Å². The summed E-state index contributed by atoms with van der Waals surface area (Å²) in [7, 11) is 0. The first-order valence-electron chi connectivity index (χ1n) is 3.99. The smallest absolute Gasteiger partial charge is 0.116 e. The van der Waals surface area contributed by atoms with Gasteiger partial charge in [0.15, 0.2) is 0 Å². The first kappa shape index (κ1) is 8.71. The topological polar surface area (TPSA) is 34.5 Å². The molecule has 0 amide bonds. The van der Waals surface area contributed by atoms with Gasteiger partial charge >= 0.3 is 0 Å². The van der Waals surface area contributed by atoms with Crippen LogP contribution in [0.4, 0.5) is 0 Å². The minimum Gasteiger partial charge on any atom is -0.396 e. The van der Waals surface area contributed by atoms with E-state index in [1.165, 1.54) is 0 Å². The molecule has 3 nitrogen and oxygen atoms in total. The lowest BCUT2D eigenvalue weighted by molar-refractivity contribution is 0.146. The molecule has 0 bridgehead atoms. The van der Waals surface area contributed by atoms with Crippen molar-refractivity contribution >= 4 is 6.21 Å². The molecule has 0 atom stereocenters. The van der Waals surface area contributed by atoms with Crippen LogP contribution in [0.25, 0.3) is 0 Å². The minimum atomic E-state index is 0.663. The van der Waals surface area contributed by atoms with Gasteiger partial charge in [-0.3, -0.25) is 4.98 Å². The molecule has 1 aromatic rings. The Balaban J connectivity index is 2.36. The molecular formula is C9H12N2O. The number of pyridine rings is 1. The summed E-state index contributed by atoms with van der Waals surface area (Å²) in [6.07, 6.45) is 6.09. The minimum absolute atomic E-state index is 0.663. The Morgan fingerprint density at radius 3 is 3.25 bits per heavy atom. The van der Waals surface area contributed by atoms with Crippen LogP contribution in [0.15, 0.2) is 29.7 Å². The van der Waals surface area contributed by atoms with E-state index in [1.807, 2.05) is 19.1 Å². The number of rotatable bonds is 4. The molecule has 1 aromatic heterocycles. The van der Waals surface area contributed by atoms with Gasteiger partial charge in [0.05, 0.1) is 6.21 Å². The van der Waals surface area contributed by atoms with Gasteiger partial charge in [-0.05, 0) is 12.5 Å². The molecule has 12 heavy (non-hydrogen) atoms. The third kappa shape index (κ3) is 3.14. The molecule has 0 saturated carbocycles. The molecule has 64 valence electrons. The zero-order valence-corrected chi connectivity index (χ0v) is 7.10. The highest BCUT2D eigenvalue weighted by molar-refractivity contribution is 5.78. The van der Waals surface area contributed by atoms with E-state index in [0.717, 1.165) is 12.0 Å². The van der Waals surface area contributed by atoms with Crippen LogP contribution in [0.5, 0.6) is 0 Å². The summed E-state index contributed by atoms with van der Waals surface area (Å²) in [5.74, 6) is 0. The zero-order valence-electron chi connectivity index (χ0n) is 7.10. The lowest BCUT2D eigenvalue weighted by Gasteiger charge is -1.93. The van der Waals surface area contributed by atoms with Crippen LogP contribution in [0.2, 0.25) is 0 Å². The normalized spacial score (nSPS) is 10.4. The average molecular weight is 164 g/mol. The summed E-state index contributed by atoms with van der Waals surface area (Å²) in [6.45, 7) is 2.70. The molecule has 0 radical (unpaired) electrons. The van der Waals surface area contributed by atoms with Crippen molar-refractivity contribution in [3.8, 4) is 0 Å². The number of hydrogen-bond acceptors (Lipinski definition) is 3. The van der Waals surface area contributed by atoms with Crippen molar-refractivity contribution in [2.45, 2.75) is 13.3 Å². The molecule has 0 aliphatic heterocycles. The maximum atomic E-state index is 4.93. The maximum Gasteiger partial charge on any atom is 0.116 e. The SMILES string of the molecule is CCCON=Cc1cccnc1. The fourth-order valence-corrected chi connectivity index (χ4v) is 0.694. The van der Waals surface area contributed by atoms with Crippen molar-refractivity contribution in [1.29, 1.82) is 0 Å². The molecule has 1 heterocycles. The lowest BCUT2D eigenvalue weighted by Crippen LogP contribution is -1.86. The first-order valence-corrected chi connectivity index (χ1v) is 3.99. The van der Waals surface area contributed by atoms with Crippen LogP contribution >= 0.6 is 0 Å². The van der Waals surface area contributed by atoms with E-state index in [1.54, 1.807) is 18.6 Å². The highest BCUT2D eigenvalue weighted by Gasteiger charge is 1.83. The van der Waals surface area contributed by atoms with Gasteiger partial charge in [0.1, 0.15) is 6.61 Å². The van der Waals surface area contributed by atoms with Crippen LogP contribution in [0, 0.1) is 0 Å².